The van der Waals surface area contributed by atoms with Gasteiger partial charge in [0, 0.05) is 12.6 Å². The lowest BCUT2D eigenvalue weighted by Crippen LogP contribution is -2.41. The fourth-order valence-electron chi connectivity index (χ4n) is 3.48. The molecule has 19 heavy (non-hydrogen) atoms. The molecule has 0 aromatic heterocycles. The van der Waals surface area contributed by atoms with Crippen LogP contribution in [0.3, 0.4) is 0 Å². The molecule has 1 N–H and O–H groups in total. The van der Waals surface area contributed by atoms with E-state index in [1.807, 2.05) is 0 Å². The van der Waals surface area contributed by atoms with Gasteiger partial charge in [0.1, 0.15) is 0 Å². The predicted octanol–water partition coefficient (Wildman–Crippen LogP) is 2.51. The second-order valence-electron chi connectivity index (χ2n) is 5.98. The lowest BCUT2D eigenvalue weighted by atomic mass is 9.98. The molecule has 1 aromatic carbocycles. The summed E-state index contributed by atoms with van der Waals surface area (Å²) >= 11 is 0. The van der Waals surface area contributed by atoms with Gasteiger partial charge < -0.3 is 10.2 Å². The van der Waals surface area contributed by atoms with Gasteiger partial charge in [-0.15, -0.1) is 12.4 Å². The first-order valence-electron chi connectivity index (χ1n) is 7.30. The Labute approximate surface area is 123 Å². The summed E-state index contributed by atoms with van der Waals surface area (Å²) in [6.45, 7) is 3.69. The van der Waals surface area contributed by atoms with Crippen LogP contribution in [0.4, 0.5) is 0 Å². The first kappa shape index (κ1) is 14.8. The Morgan fingerprint density at radius 3 is 2.47 bits per heavy atom. The van der Waals surface area contributed by atoms with Gasteiger partial charge in [0.15, 0.2) is 0 Å². The van der Waals surface area contributed by atoms with E-state index in [2.05, 4.69) is 41.5 Å². The summed E-state index contributed by atoms with van der Waals surface area (Å²) in [5.74, 6) is 0.854. The van der Waals surface area contributed by atoms with Crippen LogP contribution in [0.5, 0.6) is 0 Å². The molecule has 106 valence electrons. The quantitative estimate of drug-likeness (QED) is 0.915. The number of hydrogen-bond acceptors (Lipinski definition) is 2. The van der Waals surface area contributed by atoms with Gasteiger partial charge in [-0.3, -0.25) is 0 Å². The molecule has 1 atom stereocenters. The molecule has 2 nitrogen and oxygen atoms in total. The smallest absolute Gasteiger partial charge is 0.0173 e. The van der Waals surface area contributed by atoms with Crippen LogP contribution in [0.15, 0.2) is 24.3 Å². The molecule has 3 rings (SSSR count). The van der Waals surface area contributed by atoms with Crippen molar-refractivity contribution < 1.29 is 0 Å². The zero-order valence-corrected chi connectivity index (χ0v) is 12.6. The molecule has 1 aromatic rings. The molecule has 1 aliphatic heterocycles. The highest BCUT2D eigenvalue weighted by Gasteiger charge is 2.26. The summed E-state index contributed by atoms with van der Waals surface area (Å²) in [5, 5.41) is 3.52. The average Bonchev–Trinajstić information content (AvgIpc) is 2.84. The molecule has 0 bridgehead atoms. The highest BCUT2D eigenvalue weighted by atomic mass is 35.5. The van der Waals surface area contributed by atoms with Crippen LogP contribution in [0.25, 0.3) is 0 Å². The highest BCUT2D eigenvalue weighted by molar-refractivity contribution is 5.85. The zero-order valence-electron chi connectivity index (χ0n) is 11.8. The zero-order chi connectivity index (χ0) is 12.4. The van der Waals surface area contributed by atoms with E-state index in [4.69, 9.17) is 0 Å². The minimum Gasteiger partial charge on any atom is -0.316 e. The Morgan fingerprint density at radius 2 is 1.89 bits per heavy atom. The molecular weight excluding hydrogens is 256 g/mol. The maximum Gasteiger partial charge on any atom is 0.0173 e. The van der Waals surface area contributed by atoms with Crippen LogP contribution >= 0.6 is 12.4 Å². The van der Waals surface area contributed by atoms with Gasteiger partial charge in [-0.05, 0) is 62.9 Å². The fraction of sp³-hybridized carbons (Fsp3) is 0.625. The molecule has 2 aliphatic rings. The number of benzene rings is 1. The summed E-state index contributed by atoms with van der Waals surface area (Å²) in [4.78, 5) is 2.59. The van der Waals surface area contributed by atoms with Gasteiger partial charge in [0.05, 0.1) is 0 Å². The molecule has 3 heteroatoms. The largest absolute Gasteiger partial charge is 0.316 e. The van der Waals surface area contributed by atoms with Crippen LogP contribution in [0.2, 0.25) is 0 Å². The number of likely N-dealkylation sites (N-methyl/N-ethyl adjacent to an activating group) is 1. The van der Waals surface area contributed by atoms with Crippen LogP contribution in [0.1, 0.15) is 24.0 Å². The molecule has 1 saturated heterocycles. The van der Waals surface area contributed by atoms with Crippen molar-refractivity contribution in [1.82, 2.24) is 10.2 Å². The molecule has 1 unspecified atom stereocenters. The van der Waals surface area contributed by atoms with Crippen molar-refractivity contribution in [3.63, 3.8) is 0 Å². The van der Waals surface area contributed by atoms with Gasteiger partial charge in [-0.1, -0.05) is 24.3 Å². The second kappa shape index (κ2) is 6.74. The number of nitrogens with one attached hydrogen (secondary N) is 1. The number of halogens is 1. The second-order valence-corrected chi connectivity index (χ2v) is 5.98. The van der Waals surface area contributed by atoms with Crippen molar-refractivity contribution in [2.75, 3.05) is 26.7 Å². The van der Waals surface area contributed by atoms with Crippen molar-refractivity contribution in [3.8, 4) is 0 Å². The molecule has 0 radical (unpaired) electrons. The maximum atomic E-state index is 3.52. The van der Waals surface area contributed by atoms with Gasteiger partial charge in [0.2, 0.25) is 0 Å². The average molecular weight is 281 g/mol. The van der Waals surface area contributed by atoms with Gasteiger partial charge >= 0.3 is 0 Å². The molecular formula is C16H25ClN2. The van der Waals surface area contributed by atoms with Crippen molar-refractivity contribution in [2.45, 2.75) is 31.7 Å². The Hall–Kier alpha value is -0.570. The van der Waals surface area contributed by atoms with Crippen molar-refractivity contribution >= 4 is 12.4 Å². The number of hydrogen-bond donors (Lipinski definition) is 1. The van der Waals surface area contributed by atoms with E-state index in [0.717, 1.165) is 12.0 Å². The topological polar surface area (TPSA) is 15.3 Å². The summed E-state index contributed by atoms with van der Waals surface area (Å²) in [6, 6.07) is 9.67. The molecule has 1 aliphatic carbocycles. The Bertz CT molecular complexity index is 376. The third-order valence-electron chi connectivity index (χ3n) is 4.60. The lowest BCUT2D eigenvalue weighted by molar-refractivity contribution is 0.192. The van der Waals surface area contributed by atoms with E-state index in [1.54, 1.807) is 11.1 Å². The van der Waals surface area contributed by atoms with E-state index in [1.165, 1.54) is 45.3 Å². The third kappa shape index (κ3) is 3.50. The van der Waals surface area contributed by atoms with E-state index >= 15 is 0 Å². The van der Waals surface area contributed by atoms with E-state index in [9.17, 15) is 0 Å². The van der Waals surface area contributed by atoms with Crippen LogP contribution < -0.4 is 5.32 Å². The van der Waals surface area contributed by atoms with Crippen LogP contribution in [-0.2, 0) is 12.8 Å². The molecule has 0 saturated carbocycles. The summed E-state index contributed by atoms with van der Waals surface area (Å²) in [6.07, 6.45) is 5.24. The van der Waals surface area contributed by atoms with Gasteiger partial charge in [0.25, 0.3) is 0 Å². The van der Waals surface area contributed by atoms with Gasteiger partial charge in [-0.2, -0.15) is 0 Å². The lowest BCUT2D eigenvalue weighted by Gasteiger charge is -2.31. The van der Waals surface area contributed by atoms with Crippen molar-refractivity contribution in [3.05, 3.63) is 35.4 Å². The molecule has 0 spiro atoms. The SMILES string of the molecule is CN(CC1CCCNC1)C1Cc2ccccc2C1.Cl. The predicted molar refractivity (Wildman–Crippen MR) is 83.1 cm³/mol. The summed E-state index contributed by atoms with van der Waals surface area (Å²) in [5.41, 5.74) is 3.13. The highest BCUT2D eigenvalue weighted by Crippen LogP contribution is 2.25. The van der Waals surface area contributed by atoms with E-state index < -0.39 is 0 Å². The summed E-state index contributed by atoms with van der Waals surface area (Å²) < 4.78 is 0. The first-order valence-corrected chi connectivity index (χ1v) is 7.30. The fourth-order valence-corrected chi connectivity index (χ4v) is 3.48. The van der Waals surface area contributed by atoms with Crippen LogP contribution in [-0.4, -0.2) is 37.6 Å². The van der Waals surface area contributed by atoms with E-state index in [-0.39, 0.29) is 12.4 Å². The Kier molecular flexibility index (Phi) is 5.26. The van der Waals surface area contributed by atoms with Gasteiger partial charge in [-0.25, -0.2) is 0 Å². The van der Waals surface area contributed by atoms with E-state index in [0.29, 0.717) is 0 Å². The molecule has 0 amide bonds. The minimum atomic E-state index is 0. The van der Waals surface area contributed by atoms with Crippen molar-refractivity contribution in [1.29, 1.82) is 0 Å². The number of fused-ring (bicyclic) bond motifs is 1. The van der Waals surface area contributed by atoms with Crippen LogP contribution in [0, 0.1) is 5.92 Å². The minimum absolute atomic E-state index is 0. The number of nitrogens with zero attached hydrogens (tertiary/aromatic N) is 1. The number of rotatable bonds is 3. The summed E-state index contributed by atoms with van der Waals surface area (Å²) in [7, 11) is 2.31. The first-order chi connectivity index (χ1) is 8.83. The molecule has 1 fully saturated rings. The third-order valence-corrected chi connectivity index (χ3v) is 4.60. The Morgan fingerprint density at radius 1 is 1.21 bits per heavy atom. The number of piperidine rings is 1. The normalized spacial score (nSPS) is 23.2. The Balaban J connectivity index is 0.00000133. The molecule has 1 heterocycles. The standard InChI is InChI=1S/C16H24N2.ClH/c1-18(12-13-5-4-8-17-11-13)16-9-14-6-2-3-7-15(14)10-16;/h2-3,6-7,13,16-17H,4-5,8-12H2,1H3;1H. The van der Waals surface area contributed by atoms with Crippen molar-refractivity contribution in [2.24, 2.45) is 5.92 Å². The monoisotopic (exact) mass is 280 g/mol. The maximum absolute atomic E-state index is 3.52.